The average Bonchev–Trinajstić information content (AvgIpc) is 2.16. The molecule has 0 aliphatic carbocycles. The lowest BCUT2D eigenvalue weighted by Gasteiger charge is -2.04. The van der Waals surface area contributed by atoms with Gasteiger partial charge in [-0.3, -0.25) is 4.79 Å². The van der Waals surface area contributed by atoms with Gasteiger partial charge in [-0.25, -0.2) is 9.97 Å². The molecule has 0 spiro atoms. The molecule has 0 amide bonds. The Kier molecular flexibility index (Phi) is 2.04. The Labute approximate surface area is 81.0 Å². The molecule has 0 aliphatic rings. The quantitative estimate of drug-likeness (QED) is 0.738. The van der Waals surface area contributed by atoms with Gasteiger partial charge in [-0.2, -0.15) is 0 Å². The summed E-state index contributed by atoms with van der Waals surface area (Å²) in [6, 6.07) is 3.75. The van der Waals surface area contributed by atoms with Gasteiger partial charge in [0.1, 0.15) is 0 Å². The molecule has 2 aromatic heterocycles. The van der Waals surface area contributed by atoms with Crippen molar-refractivity contribution in [1.29, 1.82) is 0 Å². The molecule has 1 N–H and O–H groups in total. The summed E-state index contributed by atoms with van der Waals surface area (Å²) in [6.07, 6.45) is 1.25. The molecule has 0 saturated carbocycles. The number of pyridine rings is 1. The number of nitrogens with one attached hydrogen (secondary N) is 1. The molecule has 0 unspecified atom stereocenters. The van der Waals surface area contributed by atoms with E-state index in [-0.39, 0.29) is 5.56 Å². The monoisotopic (exact) mass is 189 g/mol. The predicted octanol–water partition coefficient (Wildman–Crippen LogP) is 1.44. The van der Waals surface area contributed by atoms with Crippen LogP contribution in [0.5, 0.6) is 0 Å². The number of rotatable bonds is 1. The van der Waals surface area contributed by atoms with Crippen LogP contribution in [0.15, 0.2) is 23.1 Å². The van der Waals surface area contributed by atoms with Crippen molar-refractivity contribution in [2.24, 2.45) is 0 Å². The van der Waals surface area contributed by atoms with Gasteiger partial charge in [0.25, 0.3) is 5.56 Å². The van der Waals surface area contributed by atoms with Gasteiger partial charge in [0.15, 0.2) is 5.65 Å². The van der Waals surface area contributed by atoms with Gasteiger partial charge in [0.2, 0.25) is 0 Å². The lowest BCUT2D eigenvalue weighted by Crippen LogP contribution is -2.06. The molecule has 0 radical (unpaired) electrons. The summed E-state index contributed by atoms with van der Waals surface area (Å²) in [5.41, 5.74) is 2.06. The second-order valence-electron chi connectivity index (χ2n) is 3.51. The SMILES string of the molecule is CC(C)c1ccc2[nH]c(=O)cnc2n1. The molecule has 0 saturated heterocycles. The normalized spacial score (nSPS) is 11.1. The van der Waals surface area contributed by atoms with Gasteiger partial charge in [-0.1, -0.05) is 13.8 Å². The predicted molar refractivity (Wildman–Crippen MR) is 54.2 cm³/mol. The first-order valence-corrected chi connectivity index (χ1v) is 4.53. The summed E-state index contributed by atoms with van der Waals surface area (Å²) in [5.74, 6) is 0.369. The molecule has 0 aliphatic heterocycles. The molecule has 0 bridgehead atoms. The molecule has 4 heteroatoms. The van der Waals surface area contributed by atoms with Crippen molar-refractivity contribution >= 4 is 11.2 Å². The van der Waals surface area contributed by atoms with Crippen molar-refractivity contribution in [3.8, 4) is 0 Å². The van der Waals surface area contributed by atoms with Gasteiger partial charge >= 0.3 is 0 Å². The van der Waals surface area contributed by atoms with Gasteiger partial charge in [-0.15, -0.1) is 0 Å². The van der Waals surface area contributed by atoms with Crippen LogP contribution >= 0.6 is 0 Å². The van der Waals surface area contributed by atoms with Crippen LogP contribution in [0.25, 0.3) is 11.2 Å². The van der Waals surface area contributed by atoms with E-state index in [0.717, 1.165) is 5.69 Å². The van der Waals surface area contributed by atoms with E-state index in [1.165, 1.54) is 6.20 Å². The summed E-state index contributed by atoms with van der Waals surface area (Å²) in [5, 5.41) is 0. The van der Waals surface area contributed by atoms with Gasteiger partial charge < -0.3 is 4.98 Å². The third-order valence-electron chi connectivity index (χ3n) is 2.05. The molecule has 14 heavy (non-hydrogen) atoms. The third kappa shape index (κ3) is 1.51. The number of fused-ring (bicyclic) bond motifs is 1. The van der Waals surface area contributed by atoms with Gasteiger partial charge in [0, 0.05) is 5.69 Å². The molecule has 0 fully saturated rings. The first-order valence-electron chi connectivity index (χ1n) is 4.53. The third-order valence-corrected chi connectivity index (χ3v) is 2.05. The van der Waals surface area contributed by atoms with Crippen LogP contribution < -0.4 is 5.56 Å². The number of H-pyrrole nitrogens is 1. The Morgan fingerprint density at radius 1 is 1.36 bits per heavy atom. The van der Waals surface area contributed by atoms with Crippen molar-refractivity contribution in [1.82, 2.24) is 15.0 Å². The number of hydrogen-bond acceptors (Lipinski definition) is 3. The molecular weight excluding hydrogens is 178 g/mol. The maximum absolute atomic E-state index is 11.0. The molecule has 0 aromatic carbocycles. The fraction of sp³-hybridized carbons (Fsp3) is 0.300. The van der Waals surface area contributed by atoms with E-state index >= 15 is 0 Å². The van der Waals surface area contributed by atoms with E-state index in [1.807, 2.05) is 12.1 Å². The highest BCUT2D eigenvalue weighted by molar-refractivity contribution is 5.68. The summed E-state index contributed by atoms with van der Waals surface area (Å²) in [4.78, 5) is 21.9. The molecule has 2 rings (SSSR count). The summed E-state index contributed by atoms with van der Waals surface area (Å²) in [7, 11) is 0. The second-order valence-corrected chi connectivity index (χ2v) is 3.51. The summed E-state index contributed by atoms with van der Waals surface area (Å²) in [6.45, 7) is 4.14. The molecule has 0 atom stereocenters. The zero-order valence-corrected chi connectivity index (χ0v) is 8.11. The minimum Gasteiger partial charge on any atom is -0.318 e. The first-order chi connectivity index (χ1) is 6.66. The standard InChI is InChI=1S/C10H11N3O/c1-6(2)7-3-4-8-10(13-7)11-5-9(14)12-8/h3-6H,1-2H3,(H,12,14). The van der Waals surface area contributed by atoms with Crippen LogP contribution in [0, 0.1) is 0 Å². The van der Waals surface area contributed by atoms with Crippen LogP contribution in [-0.2, 0) is 0 Å². The molecule has 72 valence electrons. The zero-order chi connectivity index (χ0) is 10.1. The number of nitrogens with zero attached hydrogens (tertiary/aromatic N) is 2. The highest BCUT2D eigenvalue weighted by Gasteiger charge is 2.03. The summed E-state index contributed by atoms with van der Waals surface area (Å²) < 4.78 is 0. The van der Waals surface area contributed by atoms with Gasteiger partial charge in [0.05, 0.1) is 11.7 Å². The minimum atomic E-state index is -0.198. The van der Waals surface area contributed by atoms with Crippen LogP contribution in [-0.4, -0.2) is 15.0 Å². The highest BCUT2D eigenvalue weighted by atomic mass is 16.1. The topological polar surface area (TPSA) is 58.6 Å². The minimum absolute atomic E-state index is 0.198. The molecular formula is C10H11N3O. The Bertz CT molecular complexity index is 516. The van der Waals surface area contributed by atoms with Crippen LogP contribution in [0.2, 0.25) is 0 Å². The number of aromatic nitrogens is 3. The molecule has 2 aromatic rings. The molecule has 4 nitrogen and oxygen atoms in total. The lowest BCUT2D eigenvalue weighted by atomic mass is 10.1. The van der Waals surface area contributed by atoms with E-state index in [0.29, 0.717) is 17.1 Å². The van der Waals surface area contributed by atoms with E-state index in [4.69, 9.17) is 0 Å². The van der Waals surface area contributed by atoms with Crippen LogP contribution in [0.4, 0.5) is 0 Å². The van der Waals surface area contributed by atoms with Crippen molar-refractivity contribution in [3.63, 3.8) is 0 Å². The van der Waals surface area contributed by atoms with Crippen molar-refractivity contribution in [2.75, 3.05) is 0 Å². The Balaban J connectivity index is 2.67. The van der Waals surface area contributed by atoms with Crippen molar-refractivity contribution in [3.05, 3.63) is 34.4 Å². The van der Waals surface area contributed by atoms with E-state index in [9.17, 15) is 4.79 Å². The summed E-state index contributed by atoms with van der Waals surface area (Å²) >= 11 is 0. The first kappa shape index (κ1) is 8.87. The highest BCUT2D eigenvalue weighted by Crippen LogP contribution is 2.13. The van der Waals surface area contributed by atoms with E-state index < -0.39 is 0 Å². The second kappa shape index (κ2) is 3.21. The molecule has 2 heterocycles. The largest absolute Gasteiger partial charge is 0.318 e. The Hall–Kier alpha value is -1.71. The Morgan fingerprint density at radius 3 is 2.86 bits per heavy atom. The van der Waals surface area contributed by atoms with Crippen LogP contribution in [0.3, 0.4) is 0 Å². The maximum atomic E-state index is 11.0. The van der Waals surface area contributed by atoms with E-state index in [2.05, 4.69) is 28.8 Å². The van der Waals surface area contributed by atoms with E-state index in [1.54, 1.807) is 0 Å². The van der Waals surface area contributed by atoms with Crippen LogP contribution in [0.1, 0.15) is 25.5 Å². The van der Waals surface area contributed by atoms with Crippen molar-refractivity contribution in [2.45, 2.75) is 19.8 Å². The maximum Gasteiger partial charge on any atom is 0.266 e. The number of aromatic amines is 1. The lowest BCUT2D eigenvalue weighted by molar-refractivity contribution is 0.827. The smallest absolute Gasteiger partial charge is 0.266 e. The fourth-order valence-corrected chi connectivity index (χ4v) is 1.27. The van der Waals surface area contributed by atoms with Crippen molar-refractivity contribution < 1.29 is 0 Å². The zero-order valence-electron chi connectivity index (χ0n) is 8.11. The fourth-order valence-electron chi connectivity index (χ4n) is 1.27. The average molecular weight is 189 g/mol. The number of hydrogen-bond donors (Lipinski definition) is 1. The van der Waals surface area contributed by atoms with Gasteiger partial charge in [-0.05, 0) is 18.1 Å². The Morgan fingerprint density at radius 2 is 2.14 bits per heavy atom.